The molecule has 2 aromatic carbocycles. The van der Waals surface area contributed by atoms with E-state index in [1.165, 1.54) is 0 Å². The zero-order chi connectivity index (χ0) is 12.8. The lowest BCUT2D eigenvalue weighted by atomic mass is 9.99. The predicted octanol–water partition coefficient (Wildman–Crippen LogP) is 4.77. The predicted molar refractivity (Wildman–Crippen MR) is 80.4 cm³/mol. The van der Waals surface area contributed by atoms with Crippen molar-refractivity contribution < 1.29 is 0 Å². The Morgan fingerprint density at radius 3 is 2.28 bits per heavy atom. The quantitative estimate of drug-likeness (QED) is 0.553. The van der Waals surface area contributed by atoms with Crippen LogP contribution in [0, 0.1) is 11.8 Å². The van der Waals surface area contributed by atoms with Crippen LogP contribution in [0.3, 0.4) is 0 Å². The molecule has 0 amide bonds. The molecule has 2 aromatic rings. The van der Waals surface area contributed by atoms with Gasteiger partial charge >= 0.3 is 0 Å². The average molecular weight is 297 g/mol. The average Bonchev–Trinajstić information content (AvgIpc) is 2.42. The molecule has 18 heavy (non-hydrogen) atoms. The van der Waals surface area contributed by atoms with Crippen LogP contribution in [0.2, 0.25) is 0 Å². The van der Waals surface area contributed by atoms with Gasteiger partial charge in [0.15, 0.2) is 0 Å². The van der Waals surface area contributed by atoms with Crippen LogP contribution in [-0.4, -0.2) is 0 Å². The first-order valence-electron chi connectivity index (χ1n) is 5.74. The van der Waals surface area contributed by atoms with E-state index < -0.39 is 0 Å². The molecular weight excluding hydrogens is 284 g/mol. The summed E-state index contributed by atoms with van der Waals surface area (Å²) < 4.78 is 1.07. The number of hydrogen-bond donors (Lipinski definition) is 0. The van der Waals surface area contributed by atoms with Crippen molar-refractivity contribution in [2.75, 3.05) is 0 Å². The molecule has 0 heterocycles. The third kappa shape index (κ3) is 3.35. The van der Waals surface area contributed by atoms with Crippen molar-refractivity contribution in [1.29, 1.82) is 0 Å². The molecule has 0 saturated carbocycles. The van der Waals surface area contributed by atoms with Crippen LogP contribution >= 0.6 is 15.9 Å². The Hall–Kier alpha value is -1.78. The maximum atomic E-state index is 3.86. The lowest BCUT2D eigenvalue weighted by molar-refractivity contribution is 1.13. The lowest BCUT2D eigenvalue weighted by Crippen LogP contribution is -1.90. The fourth-order valence-electron chi connectivity index (χ4n) is 1.63. The normalized spacial score (nSPS) is 11.2. The first kappa shape index (κ1) is 12.7. The molecule has 0 N–H and O–H groups in total. The summed E-state index contributed by atoms with van der Waals surface area (Å²) in [6.07, 6.45) is 1.87. The van der Waals surface area contributed by atoms with Gasteiger partial charge in [0.2, 0.25) is 0 Å². The summed E-state index contributed by atoms with van der Waals surface area (Å²) >= 11 is 3.43. The van der Waals surface area contributed by atoms with Crippen molar-refractivity contribution in [2.45, 2.75) is 5.92 Å². The Bertz CT molecular complexity index is 571. The molecule has 0 aliphatic rings. The van der Waals surface area contributed by atoms with Crippen molar-refractivity contribution in [3.63, 3.8) is 0 Å². The van der Waals surface area contributed by atoms with Crippen molar-refractivity contribution in [2.24, 2.45) is 0 Å². The molecule has 0 radical (unpaired) electrons. The third-order valence-electron chi connectivity index (χ3n) is 2.61. The Balaban J connectivity index is 2.23. The van der Waals surface area contributed by atoms with Gasteiger partial charge in [-0.3, -0.25) is 0 Å². The van der Waals surface area contributed by atoms with E-state index in [9.17, 15) is 0 Å². The molecule has 0 unspecified atom stereocenters. The van der Waals surface area contributed by atoms with E-state index in [0.29, 0.717) is 0 Å². The molecule has 1 atom stereocenters. The van der Waals surface area contributed by atoms with Gasteiger partial charge in [0, 0.05) is 10.0 Å². The molecule has 0 aromatic heterocycles. The van der Waals surface area contributed by atoms with Gasteiger partial charge in [-0.15, -0.1) is 6.58 Å². The van der Waals surface area contributed by atoms with E-state index in [1.54, 1.807) is 0 Å². The van der Waals surface area contributed by atoms with E-state index in [1.807, 2.05) is 48.5 Å². The standard InChI is InChI=1S/C17H13Br/c1-2-15(16-10-12-17(18)13-11-16)9-8-14-6-4-3-5-7-14/h2-7,10-13,15H,1H2/t15-/m1/s1. The first-order chi connectivity index (χ1) is 8.79. The summed E-state index contributed by atoms with van der Waals surface area (Å²) in [5.41, 5.74) is 2.19. The number of hydrogen-bond acceptors (Lipinski definition) is 0. The number of allylic oxidation sites excluding steroid dienone is 1. The second kappa shape index (κ2) is 6.23. The number of halogens is 1. The van der Waals surface area contributed by atoms with Crippen molar-refractivity contribution >= 4 is 15.9 Å². The Kier molecular flexibility index (Phi) is 4.39. The molecule has 88 valence electrons. The monoisotopic (exact) mass is 296 g/mol. The van der Waals surface area contributed by atoms with Crippen LogP contribution in [0.1, 0.15) is 17.0 Å². The van der Waals surface area contributed by atoms with E-state index in [-0.39, 0.29) is 5.92 Å². The maximum absolute atomic E-state index is 3.86. The van der Waals surface area contributed by atoms with Crippen LogP contribution in [0.25, 0.3) is 0 Å². The van der Waals surface area contributed by atoms with E-state index in [4.69, 9.17) is 0 Å². The summed E-state index contributed by atoms with van der Waals surface area (Å²) in [7, 11) is 0. The minimum absolute atomic E-state index is 0.0679. The molecular formula is C17H13Br. The summed E-state index contributed by atoms with van der Waals surface area (Å²) in [6, 6.07) is 18.2. The highest BCUT2D eigenvalue weighted by molar-refractivity contribution is 9.10. The highest BCUT2D eigenvalue weighted by atomic mass is 79.9. The Morgan fingerprint density at radius 2 is 1.67 bits per heavy atom. The van der Waals surface area contributed by atoms with Crippen molar-refractivity contribution in [1.82, 2.24) is 0 Å². The Labute approximate surface area is 116 Å². The van der Waals surface area contributed by atoms with Gasteiger partial charge in [-0.1, -0.05) is 64.2 Å². The summed E-state index contributed by atoms with van der Waals surface area (Å²) in [6.45, 7) is 3.86. The molecule has 2 rings (SSSR count). The molecule has 1 heteroatoms. The SMILES string of the molecule is C=C[C@H](C#Cc1ccccc1)c1ccc(Br)cc1. The zero-order valence-electron chi connectivity index (χ0n) is 9.94. The van der Waals surface area contributed by atoms with Gasteiger partial charge in [-0.05, 0) is 29.8 Å². The molecule has 0 aliphatic heterocycles. The fraction of sp³-hybridized carbons (Fsp3) is 0.0588. The van der Waals surface area contributed by atoms with Crippen LogP contribution in [0.5, 0.6) is 0 Å². The van der Waals surface area contributed by atoms with Gasteiger partial charge in [0.25, 0.3) is 0 Å². The van der Waals surface area contributed by atoms with E-state index in [0.717, 1.165) is 15.6 Å². The molecule has 0 bridgehead atoms. The van der Waals surface area contributed by atoms with Gasteiger partial charge < -0.3 is 0 Å². The number of benzene rings is 2. The van der Waals surface area contributed by atoms with Crippen LogP contribution in [0.4, 0.5) is 0 Å². The van der Waals surface area contributed by atoms with Crippen molar-refractivity contribution in [3.8, 4) is 11.8 Å². The fourth-order valence-corrected chi connectivity index (χ4v) is 1.90. The smallest absolute Gasteiger partial charge is 0.0633 e. The molecule has 0 nitrogen and oxygen atoms in total. The minimum atomic E-state index is 0.0679. The van der Waals surface area contributed by atoms with Crippen LogP contribution < -0.4 is 0 Å². The minimum Gasteiger partial charge on any atom is -0.102 e. The van der Waals surface area contributed by atoms with Gasteiger partial charge in [0.1, 0.15) is 0 Å². The van der Waals surface area contributed by atoms with E-state index in [2.05, 4.69) is 46.5 Å². The topological polar surface area (TPSA) is 0 Å². The highest BCUT2D eigenvalue weighted by Gasteiger charge is 2.02. The maximum Gasteiger partial charge on any atom is 0.0633 e. The van der Waals surface area contributed by atoms with Crippen LogP contribution in [-0.2, 0) is 0 Å². The first-order valence-corrected chi connectivity index (χ1v) is 6.53. The number of rotatable bonds is 2. The molecule has 0 aliphatic carbocycles. The summed E-state index contributed by atoms with van der Waals surface area (Å²) in [5, 5.41) is 0. The highest BCUT2D eigenvalue weighted by Crippen LogP contribution is 2.19. The molecule has 0 spiro atoms. The molecule has 0 fully saturated rings. The summed E-state index contributed by atoms with van der Waals surface area (Å²) in [5.74, 6) is 6.48. The third-order valence-corrected chi connectivity index (χ3v) is 3.14. The largest absolute Gasteiger partial charge is 0.102 e. The molecule has 0 saturated heterocycles. The van der Waals surface area contributed by atoms with Gasteiger partial charge in [0.05, 0.1) is 5.92 Å². The second-order valence-corrected chi connectivity index (χ2v) is 4.82. The van der Waals surface area contributed by atoms with Gasteiger partial charge in [-0.2, -0.15) is 0 Å². The van der Waals surface area contributed by atoms with Gasteiger partial charge in [-0.25, -0.2) is 0 Å². The summed E-state index contributed by atoms with van der Waals surface area (Å²) in [4.78, 5) is 0. The van der Waals surface area contributed by atoms with Crippen LogP contribution in [0.15, 0.2) is 71.7 Å². The zero-order valence-corrected chi connectivity index (χ0v) is 11.5. The Morgan fingerprint density at radius 1 is 1.00 bits per heavy atom. The van der Waals surface area contributed by atoms with Crippen molar-refractivity contribution in [3.05, 3.63) is 82.9 Å². The lowest BCUT2D eigenvalue weighted by Gasteiger charge is -2.05. The second-order valence-electron chi connectivity index (χ2n) is 3.90. The van der Waals surface area contributed by atoms with E-state index >= 15 is 0 Å².